The van der Waals surface area contributed by atoms with Gasteiger partial charge in [0, 0.05) is 12.1 Å². The Kier molecular flexibility index (Phi) is 6.56. The molecule has 0 radical (unpaired) electrons. The van der Waals surface area contributed by atoms with Gasteiger partial charge in [0.1, 0.15) is 11.9 Å². The molecule has 3 heterocycles. The number of piperidine rings is 3. The monoisotopic (exact) mass is 476 g/mol. The van der Waals surface area contributed by atoms with Crippen LogP contribution in [0.5, 0.6) is 5.75 Å². The third-order valence-electron chi connectivity index (χ3n) is 8.20. The zero-order valence-corrected chi connectivity index (χ0v) is 21.9. The van der Waals surface area contributed by atoms with Crippen LogP contribution in [-0.2, 0) is 17.6 Å². The standard InChI is InChI=1S/C30H40N2O3/c1-19(2)13-20-7-6-8-22(14-20)24-15-23-17-30(3,4)28(25(23)16-26(24)34-5)31-29(33)35-27-18-32-11-9-21(27)10-12-32/h6-8,14-16,19,21,27-28H,9-13,17-18H2,1-5H3,(H,31,33)/t27-,28?/m0/s1. The molecule has 1 unspecified atom stereocenters. The first-order chi connectivity index (χ1) is 16.7. The van der Waals surface area contributed by atoms with Crippen molar-refractivity contribution in [3.05, 3.63) is 53.1 Å². The van der Waals surface area contributed by atoms with Gasteiger partial charge in [-0.1, -0.05) is 52.0 Å². The van der Waals surface area contributed by atoms with Gasteiger partial charge >= 0.3 is 6.09 Å². The third-order valence-corrected chi connectivity index (χ3v) is 8.20. The summed E-state index contributed by atoms with van der Waals surface area (Å²) in [6, 6.07) is 13.1. The molecule has 2 bridgehead atoms. The summed E-state index contributed by atoms with van der Waals surface area (Å²) in [7, 11) is 1.73. The van der Waals surface area contributed by atoms with Crippen LogP contribution in [0.4, 0.5) is 4.79 Å². The van der Waals surface area contributed by atoms with Gasteiger partial charge in [-0.3, -0.25) is 4.90 Å². The lowest BCUT2D eigenvalue weighted by Crippen LogP contribution is -2.53. The highest BCUT2D eigenvalue weighted by atomic mass is 16.6. The summed E-state index contributed by atoms with van der Waals surface area (Å²) in [5, 5.41) is 3.24. The van der Waals surface area contributed by atoms with Crippen LogP contribution in [0.2, 0.25) is 0 Å². The quantitative estimate of drug-likeness (QED) is 0.555. The number of ether oxygens (including phenoxy) is 2. The summed E-state index contributed by atoms with van der Waals surface area (Å²) in [6.45, 7) is 12.1. The van der Waals surface area contributed by atoms with Gasteiger partial charge in [-0.2, -0.15) is 0 Å². The number of methoxy groups -OCH3 is 1. The van der Waals surface area contributed by atoms with Gasteiger partial charge in [-0.15, -0.1) is 0 Å². The van der Waals surface area contributed by atoms with Crippen molar-refractivity contribution in [3.8, 4) is 16.9 Å². The SMILES string of the molecule is COc1cc2c(cc1-c1cccc(CC(C)C)c1)CC(C)(C)C2NC(=O)O[C@H]1CN2CCC1CC2. The topological polar surface area (TPSA) is 50.8 Å². The van der Waals surface area contributed by atoms with Crippen molar-refractivity contribution >= 4 is 6.09 Å². The van der Waals surface area contributed by atoms with Crippen LogP contribution in [-0.4, -0.2) is 43.8 Å². The van der Waals surface area contributed by atoms with Gasteiger partial charge in [0.05, 0.1) is 13.2 Å². The molecule has 35 heavy (non-hydrogen) atoms. The second kappa shape index (κ2) is 9.50. The molecule has 1 N–H and O–H groups in total. The zero-order chi connectivity index (χ0) is 24.7. The average molecular weight is 477 g/mol. The van der Waals surface area contributed by atoms with E-state index in [-0.39, 0.29) is 23.7 Å². The van der Waals surface area contributed by atoms with E-state index in [9.17, 15) is 4.79 Å². The first-order valence-corrected chi connectivity index (χ1v) is 13.2. The Morgan fingerprint density at radius 2 is 1.94 bits per heavy atom. The van der Waals surface area contributed by atoms with Crippen molar-refractivity contribution in [2.75, 3.05) is 26.7 Å². The molecule has 0 spiro atoms. The molecule has 5 nitrogen and oxygen atoms in total. The fraction of sp³-hybridized carbons (Fsp3) is 0.567. The lowest BCUT2D eigenvalue weighted by molar-refractivity contribution is -0.0349. The molecular weight excluding hydrogens is 436 g/mol. The predicted octanol–water partition coefficient (Wildman–Crippen LogP) is 6.00. The molecule has 188 valence electrons. The number of nitrogens with zero attached hydrogens (tertiary/aromatic N) is 1. The molecule has 5 heteroatoms. The highest BCUT2D eigenvalue weighted by Gasteiger charge is 2.42. The van der Waals surface area contributed by atoms with E-state index >= 15 is 0 Å². The molecule has 3 saturated heterocycles. The number of carbonyl (C=O) groups is 1. The van der Waals surface area contributed by atoms with Crippen molar-refractivity contribution in [2.24, 2.45) is 17.3 Å². The Labute approximate surface area is 210 Å². The maximum atomic E-state index is 13.0. The van der Waals surface area contributed by atoms with Gasteiger partial charge in [0.2, 0.25) is 0 Å². The number of alkyl carbamates (subject to hydrolysis) is 1. The Morgan fingerprint density at radius 1 is 1.17 bits per heavy atom. The number of nitrogens with one attached hydrogen (secondary N) is 1. The lowest BCUT2D eigenvalue weighted by Gasteiger charge is -2.44. The number of hydrogen-bond donors (Lipinski definition) is 1. The van der Waals surface area contributed by atoms with Crippen LogP contribution in [0.1, 0.15) is 63.3 Å². The minimum absolute atomic E-state index is 0.0107. The van der Waals surface area contributed by atoms with Crippen LogP contribution in [0.25, 0.3) is 11.1 Å². The van der Waals surface area contributed by atoms with Crippen molar-refractivity contribution in [2.45, 2.75) is 65.5 Å². The average Bonchev–Trinajstić information content (AvgIpc) is 3.07. The Hall–Kier alpha value is -2.53. The highest BCUT2D eigenvalue weighted by Crippen LogP contribution is 2.48. The predicted molar refractivity (Wildman–Crippen MR) is 140 cm³/mol. The normalized spacial score (nSPS) is 26.5. The van der Waals surface area contributed by atoms with Crippen molar-refractivity contribution < 1.29 is 14.3 Å². The minimum atomic E-state index is -0.292. The maximum Gasteiger partial charge on any atom is 0.407 e. The summed E-state index contributed by atoms with van der Waals surface area (Å²) in [6.07, 6.45) is 3.94. The van der Waals surface area contributed by atoms with Crippen LogP contribution in [0.3, 0.4) is 0 Å². The van der Waals surface area contributed by atoms with E-state index in [0.717, 1.165) is 62.2 Å². The number of fused-ring (bicyclic) bond motifs is 4. The highest BCUT2D eigenvalue weighted by molar-refractivity contribution is 5.74. The summed E-state index contributed by atoms with van der Waals surface area (Å²) < 4.78 is 11.8. The number of carbonyl (C=O) groups excluding carboxylic acids is 1. The molecule has 0 aromatic heterocycles. The second-order valence-corrected chi connectivity index (χ2v) is 11.9. The van der Waals surface area contributed by atoms with E-state index in [1.807, 2.05) is 0 Å². The third kappa shape index (κ3) is 4.93. The molecule has 3 aliphatic heterocycles. The number of hydrogen-bond acceptors (Lipinski definition) is 4. The number of rotatable bonds is 6. The van der Waals surface area contributed by atoms with Crippen LogP contribution >= 0.6 is 0 Å². The van der Waals surface area contributed by atoms with E-state index in [1.54, 1.807) is 7.11 Å². The first kappa shape index (κ1) is 24.2. The largest absolute Gasteiger partial charge is 0.496 e. The van der Waals surface area contributed by atoms with Gasteiger partial charge in [0.15, 0.2) is 0 Å². The zero-order valence-electron chi connectivity index (χ0n) is 21.9. The van der Waals surface area contributed by atoms with E-state index < -0.39 is 0 Å². The molecule has 0 saturated carbocycles. The van der Waals surface area contributed by atoms with Crippen LogP contribution in [0.15, 0.2) is 36.4 Å². The number of amides is 1. The van der Waals surface area contributed by atoms with Gasteiger partial charge in [-0.05, 0) is 90.4 Å². The fourth-order valence-corrected chi connectivity index (χ4v) is 6.41. The molecular formula is C30H40N2O3. The molecule has 2 atom stereocenters. The molecule has 2 aromatic rings. The summed E-state index contributed by atoms with van der Waals surface area (Å²) >= 11 is 0. The first-order valence-electron chi connectivity index (χ1n) is 13.2. The summed E-state index contributed by atoms with van der Waals surface area (Å²) in [5.41, 5.74) is 5.94. The van der Waals surface area contributed by atoms with Gasteiger partial charge in [0.25, 0.3) is 0 Å². The van der Waals surface area contributed by atoms with Gasteiger partial charge in [-0.25, -0.2) is 4.79 Å². The fourth-order valence-electron chi connectivity index (χ4n) is 6.41. The molecule has 1 amide bonds. The van der Waals surface area contributed by atoms with E-state index in [4.69, 9.17) is 9.47 Å². The van der Waals surface area contributed by atoms with Crippen molar-refractivity contribution in [1.82, 2.24) is 10.2 Å². The van der Waals surface area contributed by atoms with Crippen molar-refractivity contribution in [3.63, 3.8) is 0 Å². The smallest absolute Gasteiger partial charge is 0.407 e. The van der Waals surface area contributed by atoms with E-state index in [1.165, 1.54) is 16.7 Å². The summed E-state index contributed by atoms with van der Waals surface area (Å²) in [5.74, 6) is 1.96. The van der Waals surface area contributed by atoms with Crippen LogP contribution < -0.4 is 10.1 Å². The Balaban J connectivity index is 1.39. The Morgan fingerprint density at radius 3 is 2.60 bits per heavy atom. The minimum Gasteiger partial charge on any atom is -0.496 e. The lowest BCUT2D eigenvalue weighted by atomic mass is 9.85. The molecule has 4 aliphatic rings. The summed E-state index contributed by atoms with van der Waals surface area (Å²) in [4.78, 5) is 15.4. The molecule has 3 fully saturated rings. The van der Waals surface area contributed by atoms with E-state index in [2.05, 4.69) is 74.3 Å². The van der Waals surface area contributed by atoms with Crippen LogP contribution in [0, 0.1) is 17.3 Å². The number of benzene rings is 2. The molecule has 6 rings (SSSR count). The Bertz CT molecular complexity index is 1090. The van der Waals surface area contributed by atoms with E-state index in [0.29, 0.717) is 11.8 Å². The molecule has 1 aliphatic carbocycles. The second-order valence-electron chi connectivity index (χ2n) is 11.9. The molecule has 2 aromatic carbocycles. The van der Waals surface area contributed by atoms with Crippen molar-refractivity contribution in [1.29, 1.82) is 0 Å². The van der Waals surface area contributed by atoms with Gasteiger partial charge < -0.3 is 14.8 Å². The maximum absolute atomic E-state index is 13.0.